The van der Waals surface area contributed by atoms with Gasteiger partial charge in [-0.15, -0.1) is 10.3 Å². The number of aryl methyl sites for hydroxylation is 1. The van der Waals surface area contributed by atoms with Crippen LogP contribution in [-0.4, -0.2) is 15.4 Å². The van der Waals surface area contributed by atoms with E-state index in [1.807, 2.05) is 0 Å². The molecule has 2 radical (unpaired) electrons. The van der Waals surface area contributed by atoms with Gasteiger partial charge in [-0.2, -0.15) is 0 Å². The maximum atomic E-state index is 13.1. The molecule has 0 aliphatic heterocycles. The SMILES string of the molecule is [CH]S(C)(O)c1cn(C)c2cc(F)ccc2c1=O. The summed E-state index contributed by atoms with van der Waals surface area (Å²) in [6.45, 7) is 0. The first-order valence-electron chi connectivity index (χ1n) is 4.88. The smallest absolute Gasteiger partial charge is 0.203 e. The number of fused-ring (bicyclic) bond motifs is 1. The van der Waals surface area contributed by atoms with Crippen LogP contribution >= 0.6 is 10.3 Å². The number of benzene rings is 1. The van der Waals surface area contributed by atoms with Crippen LogP contribution in [0.4, 0.5) is 4.39 Å². The van der Waals surface area contributed by atoms with E-state index in [-0.39, 0.29) is 10.3 Å². The van der Waals surface area contributed by atoms with Crippen molar-refractivity contribution in [2.75, 3.05) is 6.26 Å². The predicted molar refractivity (Wildman–Crippen MR) is 67.9 cm³/mol. The molecule has 0 spiro atoms. The van der Waals surface area contributed by atoms with Gasteiger partial charge in [-0.1, -0.05) is 0 Å². The summed E-state index contributed by atoms with van der Waals surface area (Å²) in [6.07, 6.45) is 8.47. The van der Waals surface area contributed by atoms with Crippen LogP contribution in [0.5, 0.6) is 0 Å². The van der Waals surface area contributed by atoms with Crippen molar-refractivity contribution in [1.82, 2.24) is 4.57 Å². The maximum Gasteiger partial charge on any atom is 0.203 e. The van der Waals surface area contributed by atoms with Crippen molar-refractivity contribution in [3.8, 4) is 0 Å². The number of hydrogen-bond acceptors (Lipinski definition) is 2. The van der Waals surface area contributed by atoms with E-state index in [2.05, 4.69) is 0 Å². The van der Waals surface area contributed by atoms with Gasteiger partial charge < -0.3 is 9.12 Å². The molecule has 0 saturated carbocycles. The van der Waals surface area contributed by atoms with Crippen LogP contribution in [0.2, 0.25) is 0 Å². The summed E-state index contributed by atoms with van der Waals surface area (Å²) in [4.78, 5) is 12.2. The van der Waals surface area contributed by atoms with Crippen LogP contribution in [0.25, 0.3) is 10.9 Å². The molecule has 5 heteroatoms. The lowest BCUT2D eigenvalue weighted by Gasteiger charge is -2.23. The van der Waals surface area contributed by atoms with E-state index in [0.29, 0.717) is 10.9 Å². The van der Waals surface area contributed by atoms with Crippen LogP contribution in [0.15, 0.2) is 34.1 Å². The predicted octanol–water partition coefficient (Wildman–Crippen LogP) is 2.61. The zero-order valence-corrected chi connectivity index (χ0v) is 10.3. The number of pyridine rings is 1. The molecule has 0 saturated heterocycles. The van der Waals surface area contributed by atoms with Crippen LogP contribution in [-0.2, 0) is 7.05 Å². The highest BCUT2D eigenvalue weighted by Crippen LogP contribution is 2.44. The Balaban J connectivity index is 2.91. The standard InChI is InChI=1S/C12H12FNO2S/c1-14-7-11(17(2,3)16)12(15)9-5-4-8(13)6-10(9)14/h2,4-7,16H,1,3H3. The van der Waals surface area contributed by atoms with Crippen LogP contribution < -0.4 is 5.43 Å². The van der Waals surface area contributed by atoms with Gasteiger partial charge in [-0.05, 0) is 24.5 Å². The molecule has 1 aromatic carbocycles. The van der Waals surface area contributed by atoms with Crippen LogP contribution in [0.3, 0.4) is 0 Å². The van der Waals surface area contributed by atoms with E-state index in [1.54, 1.807) is 11.6 Å². The highest BCUT2D eigenvalue weighted by Gasteiger charge is 2.18. The van der Waals surface area contributed by atoms with Crippen molar-refractivity contribution in [2.45, 2.75) is 4.90 Å². The molecule has 0 aliphatic carbocycles. The van der Waals surface area contributed by atoms with Gasteiger partial charge in [0.25, 0.3) is 0 Å². The first-order valence-corrected chi connectivity index (χ1v) is 6.94. The summed E-state index contributed by atoms with van der Waals surface area (Å²) in [5.74, 6) is -0.410. The third-order valence-corrected chi connectivity index (χ3v) is 3.75. The highest BCUT2D eigenvalue weighted by molar-refractivity contribution is 8.29. The average molecular weight is 253 g/mol. The molecule has 2 rings (SSSR count). The molecule has 0 fully saturated rings. The van der Waals surface area contributed by atoms with Crippen molar-refractivity contribution in [2.24, 2.45) is 7.05 Å². The summed E-state index contributed by atoms with van der Waals surface area (Å²) >= 11 is 0. The summed E-state index contributed by atoms with van der Waals surface area (Å²) < 4.78 is 24.5. The zero-order chi connectivity index (χ0) is 12.8. The molecule has 1 N–H and O–H groups in total. The lowest BCUT2D eigenvalue weighted by atomic mass is 10.2. The van der Waals surface area contributed by atoms with E-state index in [1.165, 1.54) is 30.7 Å². The third-order valence-electron chi connectivity index (χ3n) is 2.56. The van der Waals surface area contributed by atoms with Gasteiger partial charge in [-0.25, -0.2) is 4.39 Å². The second-order valence-electron chi connectivity index (χ2n) is 4.03. The van der Waals surface area contributed by atoms with Crippen LogP contribution in [0, 0.1) is 12.1 Å². The molecule has 1 heterocycles. The van der Waals surface area contributed by atoms with Crippen molar-refractivity contribution in [3.05, 3.63) is 46.7 Å². The summed E-state index contributed by atoms with van der Waals surface area (Å²) in [6, 6.07) is 3.90. The van der Waals surface area contributed by atoms with Crippen molar-refractivity contribution < 1.29 is 8.94 Å². The van der Waals surface area contributed by atoms with Crippen molar-refractivity contribution in [1.29, 1.82) is 0 Å². The first-order chi connectivity index (χ1) is 7.80. The molecule has 3 nitrogen and oxygen atoms in total. The minimum absolute atomic E-state index is 0.166. The Labute approximate surface area is 100 Å². The van der Waals surface area contributed by atoms with Crippen LogP contribution in [0.1, 0.15) is 0 Å². The van der Waals surface area contributed by atoms with Gasteiger partial charge in [-0.3, -0.25) is 4.79 Å². The summed E-state index contributed by atoms with van der Waals surface area (Å²) in [5, 5.41) is 0.352. The zero-order valence-electron chi connectivity index (χ0n) is 9.48. The number of nitrogens with zero attached hydrogens (tertiary/aromatic N) is 1. The second-order valence-corrected chi connectivity index (χ2v) is 6.35. The van der Waals surface area contributed by atoms with Gasteiger partial charge in [0.15, 0.2) is 0 Å². The van der Waals surface area contributed by atoms with E-state index >= 15 is 0 Å². The lowest BCUT2D eigenvalue weighted by Crippen LogP contribution is -2.14. The topological polar surface area (TPSA) is 42.2 Å². The Morgan fingerprint density at radius 3 is 2.71 bits per heavy atom. The molecule has 1 aromatic heterocycles. The van der Waals surface area contributed by atoms with E-state index in [4.69, 9.17) is 6.26 Å². The molecule has 0 bridgehead atoms. The molecule has 2 aromatic rings. The van der Waals surface area contributed by atoms with Crippen molar-refractivity contribution in [3.63, 3.8) is 0 Å². The minimum Gasteiger partial charge on any atom is -0.349 e. The lowest BCUT2D eigenvalue weighted by molar-refractivity contribution is 0.628. The highest BCUT2D eigenvalue weighted by atomic mass is 32.3. The van der Waals surface area contributed by atoms with E-state index < -0.39 is 16.1 Å². The summed E-state index contributed by atoms with van der Waals surface area (Å²) in [5.41, 5.74) is 0.128. The monoisotopic (exact) mass is 253 g/mol. The third kappa shape index (κ3) is 2.08. The maximum absolute atomic E-state index is 13.1. The molecule has 17 heavy (non-hydrogen) atoms. The molecule has 0 aliphatic rings. The number of halogens is 1. The average Bonchev–Trinajstić information content (AvgIpc) is 2.21. The molecular weight excluding hydrogens is 241 g/mol. The fourth-order valence-electron chi connectivity index (χ4n) is 1.72. The Morgan fingerprint density at radius 1 is 1.47 bits per heavy atom. The van der Waals surface area contributed by atoms with Gasteiger partial charge in [0.2, 0.25) is 5.43 Å². The Morgan fingerprint density at radius 2 is 2.12 bits per heavy atom. The van der Waals surface area contributed by atoms with Gasteiger partial charge in [0, 0.05) is 24.9 Å². The van der Waals surface area contributed by atoms with Gasteiger partial charge >= 0.3 is 0 Å². The fraction of sp³-hybridized carbons (Fsp3) is 0.167. The number of aromatic nitrogens is 1. The largest absolute Gasteiger partial charge is 0.349 e. The van der Waals surface area contributed by atoms with E-state index in [9.17, 15) is 13.7 Å². The molecule has 1 unspecified atom stereocenters. The molecular formula is C12H12FNO2S. The molecule has 0 amide bonds. The molecule has 1 atom stereocenters. The van der Waals surface area contributed by atoms with Gasteiger partial charge in [0.05, 0.1) is 10.4 Å². The Kier molecular flexibility index (Phi) is 2.75. The fourth-order valence-corrected chi connectivity index (χ4v) is 2.58. The minimum atomic E-state index is -2.58. The summed E-state index contributed by atoms with van der Waals surface area (Å²) in [7, 11) is -0.908. The van der Waals surface area contributed by atoms with Crippen molar-refractivity contribution >= 4 is 21.2 Å². The van der Waals surface area contributed by atoms with E-state index in [0.717, 1.165) is 0 Å². The first kappa shape index (κ1) is 12.1. The van der Waals surface area contributed by atoms with Gasteiger partial charge in [0.1, 0.15) is 5.82 Å². The second kappa shape index (κ2) is 3.85. The normalized spacial score (nSPS) is 13.0. The Hall–Kier alpha value is -1.33. The quantitative estimate of drug-likeness (QED) is 0.848. The number of hydrogen-bond donors (Lipinski definition) is 1. The number of rotatable bonds is 1. The molecule has 90 valence electrons. The Bertz CT molecular complexity index is 643.